The fourth-order valence-electron chi connectivity index (χ4n) is 2.38. The van der Waals surface area contributed by atoms with Crippen LogP contribution in [0.25, 0.3) is 0 Å². The lowest BCUT2D eigenvalue weighted by Crippen LogP contribution is -2.37. The molecule has 2 heterocycles. The maximum absolute atomic E-state index is 4.19. The molecule has 1 aliphatic rings. The molecule has 15 heavy (non-hydrogen) atoms. The van der Waals surface area contributed by atoms with Crippen LogP contribution in [0, 0.1) is 5.92 Å². The van der Waals surface area contributed by atoms with Gasteiger partial charge in [0.1, 0.15) is 0 Å². The number of nitrogens with one attached hydrogen (secondary N) is 1. The Kier molecular flexibility index (Phi) is 3.41. The van der Waals surface area contributed by atoms with Gasteiger partial charge in [-0.1, -0.05) is 6.92 Å². The zero-order valence-electron chi connectivity index (χ0n) is 9.74. The van der Waals surface area contributed by atoms with E-state index in [2.05, 4.69) is 23.5 Å². The van der Waals surface area contributed by atoms with Gasteiger partial charge in [0.15, 0.2) is 0 Å². The second-order valence-corrected chi connectivity index (χ2v) is 4.84. The molecule has 0 amide bonds. The summed E-state index contributed by atoms with van der Waals surface area (Å²) in [4.78, 5) is 0. The molecule has 1 aromatic heterocycles. The van der Waals surface area contributed by atoms with Crippen molar-refractivity contribution in [3.63, 3.8) is 0 Å². The van der Waals surface area contributed by atoms with E-state index >= 15 is 0 Å². The van der Waals surface area contributed by atoms with E-state index in [0.717, 1.165) is 12.3 Å². The predicted octanol–water partition coefficient (Wildman–Crippen LogP) is 1.74. The number of aromatic nitrogens is 2. The van der Waals surface area contributed by atoms with Gasteiger partial charge in [0.2, 0.25) is 0 Å². The van der Waals surface area contributed by atoms with Crippen molar-refractivity contribution in [3.8, 4) is 0 Å². The Morgan fingerprint density at radius 3 is 3.13 bits per heavy atom. The average Bonchev–Trinajstić information content (AvgIpc) is 2.62. The van der Waals surface area contributed by atoms with Crippen LogP contribution >= 0.6 is 0 Å². The molecule has 0 aliphatic carbocycles. The van der Waals surface area contributed by atoms with Gasteiger partial charge >= 0.3 is 0 Å². The molecular formula is C12H21N3. The van der Waals surface area contributed by atoms with E-state index < -0.39 is 0 Å². The molecule has 2 atom stereocenters. The number of hydrogen-bond donors (Lipinski definition) is 1. The molecule has 3 nitrogen and oxygen atoms in total. The topological polar surface area (TPSA) is 29.9 Å². The first kappa shape index (κ1) is 10.7. The number of aryl methyl sites for hydroxylation is 2. The molecule has 1 saturated heterocycles. The van der Waals surface area contributed by atoms with Crippen LogP contribution in [0.1, 0.15) is 31.7 Å². The fraction of sp³-hybridized carbons (Fsp3) is 0.750. The van der Waals surface area contributed by atoms with Crippen LogP contribution in [0.2, 0.25) is 0 Å². The standard InChI is InChI=1S/C12H21N3/c1-10-5-6-13-12(7-10)4-3-11-8-14-15(2)9-11/h8-10,12-13H,3-7H2,1-2H3. The first-order valence-electron chi connectivity index (χ1n) is 5.95. The third kappa shape index (κ3) is 3.06. The largest absolute Gasteiger partial charge is 0.314 e. The van der Waals surface area contributed by atoms with Gasteiger partial charge in [-0.2, -0.15) is 5.10 Å². The van der Waals surface area contributed by atoms with Crippen molar-refractivity contribution >= 4 is 0 Å². The van der Waals surface area contributed by atoms with Crippen LogP contribution in [0.3, 0.4) is 0 Å². The van der Waals surface area contributed by atoms with E-state index in [1.165, 1.54) is 31.4 Å². The minimum Gasteiger partial charge on any atom is -0.314 e. The van der Waals surface area contributed by atoms with Crippen LogP contribution in [-0.2, 0) is 13.5 Å². The molecule has 1 N–H and O–H groups in total. The first-order chi connectivity index (χ1) is 7.24. The Morgan fingerprint density at radius 2 is 2.47 bits per heavy atom. The van der Waals surface area contributed by atoms with E-state index in [0.29, 0.717) is 6.04 Å². The molecule has 1 fully saturated rings. The summed E-state index contributed by atoms with van der Waals surface area (Å²) in [7, 11) is 1.98. The summed E-state index contributed by atoms with van der Waals surface area (Å²) < 4.78 is 1.88. The van der Waals surface area contributed by atoms with Gasteiger partial charge in [0, 0.05) is 19.3 Å². The summed E-state index contributed by atoms with van der Waals surface area (Å²) >= 11 is 0. The van der Waals surface area contributed by atoms with Crippen LogP contribution < -0.4 is 5.32 Å². The second kappa shape index (κ2) is 4.79. The zero-order valence-corrected chi connectivity index (χ0v) is 9.74. The van der Waals surface area contributed by atoms with Crippen molar-refractivity contribution < 1.29 is 0 Å². The Bertz CT molecular complexity index is 306. The monoisotopic (exact) mass is 207 g/mol. The van der Waals surface area contributed by atoms with E-state index in [9.17, 15) is 0 Å². The van der Waals surface area contributed by atoms with E-state index in [1.54, 1.807) is 0 Å². The molecule has 2 unspecified atom stereocenters. The lowest BCUT2D eigenvalue weighted by atomic mass is 9.91. The number of rotatable bonds is 3. The molecule has 3 heteroatoms. The summed E-state index contributed by atoms with van der Waals surface area (Å²) in [6.07, 6.45) is 9.16. The number of nitrogens with zero attached hydrogens (tertiary/aromatic N) is 2. The van der Waals surface area contributed by atoms with Crippen LogP contribution in [0.15, 0.2) is 12.4 Å². The van der Waals surface area contributed by atoms with Crippen molar-refractivity contribution in [1.29, 1.82) is 0 Å². The number of piperidine rings is 1. The maximum Gasteiger partial charge on any atom is 0.0521 e. The Balaban J connectivity index is 1.77. The van der Waals surface area contributed by atoms with Gasteiger partial charge < -0.3 is 5.32 Å². The molecule has 0 saturated carbocycles. The Labute approximate surface area is 91.9 Å². The van der Waals surface area contributed by atoms with Gasteiger partial charge in [-0.25, -0.2) is 0 Å². The molecule has 84 valence electrons. The van der Waals surface area contributed by atoms with Crippen molar-refractivity contribution in [3.05, 3.63) is 18.0 Å². The minimum atomic E-state index is 0.717. The predicted molar refractivity (Wildman–Crippen MR) is 61.7 cm³/mol. The van der Waals surface area contributed by atoms with Crippen LogP contribution in [0.4, 0.5) is 0 Å². The maximum atomic E-state index is 4.19. The summed E-state index contributed by atoms with van der Waals surface area (Å²) in [5.74, 6) is 0.894. The van der Waals surface area contributed by atoms with E-state index in [1.807, 2.05) is 17.9 Å². The van der Waals surface area contributed by atoms with Gasteiger partial charge in [0.05, 0.1) is 6.20 Å². The third-order valence-corrected chi connectivity index (χ3v) is 3.30. The van der Waals surface area contributed by atoms with E-state index in [4.69, 9.17) is 0 Å². The molecular weight excluding hydrogens is 186 g/mol. The number of hydrogen-bond acceptors (Lipinski definition) is 2. The van der Waals surface area contributed by atoms with Gasteiger partial charge in [0.25, 0.3) is 0 Å². The summed E-state index contributed by atoms with van der Waals surface area (Å²) in [6, 6.07) is 0.717. The lowest BCUT2D eigenvalue weighted by molar-refractivity contribution is 0.308. The van der Waals surface area contributed by atoms with Crippen molar-refractivity contribution in [2.24, 2.45) is 13.0 Å². The molecule has 0 radical (unpaired) electrons. The van der Waals surface area contributed by atoms with Crippen molar-refractivity contribution in [1.82, 2.24) is 15.1 Å². The van der Waals surface area contributed by atoms with Crippen molar-refractivity contribution in [2.45, 2.75) is 38.6 Å². The molecule has 0 bridgehead atoms. The van der Waals surface area contributed by atoms with Gasteiger partial charge in [-0.3, -0.25) is 4.68 Å². The Morgan fingerprint density at radius 1 is 1.60 bits per heavy atom. The molecule has 0 aromatic carbocycles. The highest BCUT2D eigenvalue weighted by Crippen LogP contribution is 2.18. The zero-order chi connectivity index (χ0) is 10.7. The highest BCUT2D eigenvalue weighted by molar-refractivity contribution is 5.04. The summed E-state index contributed by atoms with van der Waals surface area (Å²) in [5, 5.41) is 7.79. The molecule has 2 rings (SSSR count). The first-order valence-corrected chi connectivity index (χ1v) is 5.95. The van der Waals surface area contributed by atoms with Crippen molar-refractivity contribution in [2.75, 3.05) is 6.54 Å². The Hall–Kier alpha value is -0.830. The normalized spacial score (nSPS) is 26.8. The average molecular weight is 207 g/mol. The third-order valence-electron chi connectivity index (χ3n) is 3.30. The lowest BCUT2D eigenvalue weighted by Gasteiger charge is -2.28. The SMILES string of the molecule is CC1CCNC(CCc2cnn(C)c2)C1. The fourth-order valence-corrected chi connectivity index (χ4v) is 2.38. The van der Waals surface area contributed by atoms with Gasteiger partial charge in [-0.15, -0.1) is 0 Å². The smallest absolute Gasteiger partial charge is 0.0521 e. The minimum absolute atomic E-state index is 0.717. The summed E-state index contributed by atoms with van der Waals surface area (Å²) in [6.45, 7) is 3.55. The second-order valence-electron chi connectivity index (χ2n) is 4.84. The molecule has 1 aromatic rings. The van der Waals surface area contributed by atoms with Gasteiger partial charge in [-0.05, 0) is 43.7 Å². The highest BCUT2D eigenvalue weighted by atomic mass is 15.2. The van der Waals surface area contributed by atoms with Crippen LogP contribution in [-0.4, -0.2) is 22.4 Å². The molecule has 0 spiro atoms. The summed E-state index contributed by atoms with van der Waals surface area (Å²) in [5.41, 5.74) is 1.36. The molecule has 1 aliphatic heterocycles. The quantitative estimate of drug-likeness (QED) is 0.818. The van der Waals surface area contributed by atoms with E-state index in [-0.39, 0.29) is 0 Å². The van der Waals surface area contributed by atoms with Crippen LogP contribution in [0.5, 0.6) is 0 Å². The highest BCUT2D eigenvalue weighted by Gasteiger charge is 2.17.